The van der Waals surface area contributed by atoms with E-state index in [0.717, 1.165) is 22.4 Å². The largest absolute Gasteiger partial charge is 0.457 e. The number of pyridine rings is 1. The Labute approximate surface area is 118 Å². The monoisotopic (exact) mass is 264 g/mol. The molecule has 0 aliphatic rings. The number of aromatic nitrogens is 1. The van der Waals surface area contributed by atoms with E-state index in [-0.39, 0.29) is 0 Å². The van der Waals surface area contributed by atoms with Crippen LogP contribution in [0.2, 0.25) is 0 Å². The van der Waals surface area contributed by atoms with E-state index in [1.54, 1.807) is 6.20 Å². The van der Waals surface area contributed by atoms with E-state index in [9.17, 15) is 0 Å². The van der Waals surface area contributed by atoms with E-state index >= 15 is 0 Å². The first-order valence-electron chi connectivity index (χ1n) is 6.53. The highest BCUT2D eigenvalue weighted by molar-refractivity contribution is 5.93. The van der Waals surface area contributed by atoms with Crippen molar-refractivity contribution in [3.8, 4) is 11.5 Å². The number of nitrogens with two attached hydrogens (primary N) is 1. The third kappa shape index (κ3) is 2.30. The molecule has 0 saturated carbocycles. The van der Waals surface area contributed by atoms with Crippen molar-refractivity contribution < 1.29 is 4.74 Å². The minimum absolute atomic E-state index is 0.661. The highest BCUT2D eigenvalue weighted by atomic mass is 16.5. The van der Waals surface area contributed by atoms with E-state index in [2.05, 4.69) is 24.9 Å². The molecule has 100 valence electrons. The van der Waals surface area contributed by atoms with E-state index in [4.69, 9.17) is 10.5 Å². The quantitative estimate of drug-likeness (QED) is 0.705. The lowest BCUT2D eigenvalue weighted by molar-refractivity contribution is 0.487. The fourth-order valence-electron chi connectivity index (χ4n) is 2.38. The number of hydrogen-bond donors (Lipinski definition) is 1. The van der Waals surface area contributed by atoms with Crippen molar-refractivity contribution in [2.75, 3.05) is 5.73 Å². The van der Waals surface area contributed by atoms with Gasteiger partial charge in [0.25, 0.3) is 0 Å². The fraction of sp³-hybridized carbons (Fsp3) is 0.118. The Hall–Kier alpha value is -2.55. The normalized spacial score (nSPS) is 10.7. The van der Waals surface area contributed by atoms with Gasteiger partial charge in [-0.3, -0.25) is 4.98 Å². The molecule has 20 heavy (non-hydrogen) atoms. The summed E-state index contributed by atoms with van der Waals surface area (Å²) in [5, 5.41) is 0.923. The van der Waals surface area contributed by atoms with Gasteiger partial charge in [-0.2, -0.15) is 0 Å². The Morgan fingerprint density at radius 1 is 1.00 bits per heavy atom. The molecule has 0 aliphatic heterocycles. The molecule has 0 saturated heterocycles. The second kappa shape index (κ2) is 4.85. The smallest absolute Gasteiger partial charge is 0.136 e. The van der Waals surface area contributed by atoms with Crippen LogP contribution < -0.4 is 10.5 Å². The molecular weight excluding hydrogens is 248 g/mol. The highest BCUT2D eigenvalue weighted by Crippen LogP contribution is 2.32. The Morgan fingerprint density at radius 3 is 2.50 bits per heavy atom. The molecule has 0 amide bonds. The van der Waals surface area contributed by atoms with Crippen molar-refractivity contribution in [1.29, 1.82) is 0 Å². The summed E-state index contributed by atoms with van der Waals surface area (Å²) < 4.78 is 6.01. The maximum Gasteiger partial charge on any atom is 0.136 e. The van der Waals surface area contributed by atoms with Crippen molar-refractivity contribution in [3.63, 3.8) is 0 Å². The molecular formula is C17H16N2O. The van der Waals surface area contributed by atoms with Gasteiger partial charge < -0.3 is 10.5 Å². The SMILES string of the molecule is Cc1cc(C)cc(Oc2ccc(N)c3ncccc23)c1. The Morgan fingerprint density at radius 2 is 1.75 bits per heavy atom. The first-order valence-corrected chi connectivity index (χ1v) is 6.53. The Balaban J connectivity index is 2.09. The molecule has 0 bridgehead atoms. The summed E-state index contributed by atoms with van der Waals surface area (Å²) in [6.07, 6.45) is 1.74. The molecule has 3 heteroatoms. The van der Waals surface area contributed by atoms with Gasteiger partial charge in [0.2, 0.25) is 0 Å². The van der Waals surface area contributed by atoms with Crippen LogP contribution in [0.3, 0.4) is 0 Å². The van der Waals surface area contributed by atoms with Gasteiger partial charge >= 0.3 is 0 Å². The summed E-state index contributed by atoms with van der Waals surface area (Å²) in [5.74, 6) is 1.60. The van der Waals surface area contributed by atoms with Crippen LogP contribution in [0.1, 0.15) is 11.1 Å². The lowest BCUT2D eigenvalue weighted by Gasteiger charge is -2.11. The molecule has 3 aromatic rings. The zero-order valence-corrected chi connectivity index (χ0v) is 11.6. The van der Waals surface area contributed by atoms with Gasteiger partial charge in [-0.1, -0.05) is 6.07 Å². The maximum atomic E-state index is 6.01. The number of hydrogen-bond acceptors (Lipinski definition) is 3. The van der Waals surface area contributed by atoms with Gasteiger partial charge in [0, 0.05) is 11.6 Å². The second-order valence-electron chi connectivity index (χ2n) is 4.98. The summed E-state index contributed by atoms with van der Waals surface area (Å²) in [4.78, 5) is 4.31. The Bertz CT molecular complexity index is 761. The average Bonchev–Trinajstić information content (AvgIpc) is 2.41. The molecule has 0 spiro atoms. The van der Waals surface area contributed by atoms with Gasteiger partial charge in [0.05, 0.1) is 11.2 Å². The molecule has 0 radical (unpaired) electrons. The van der Waals surface area contributed by atoms with E-state index in [1.807, 2.05) is 36.4 Å². The summed E-state index contributed by atoms with van der Waals surface area (Å²) in [5.41, 5.74) is 9.74. The molecule has 2 aromatic carbocycles. The van der Waals surface area contributed by atoms with Crippen molar-refractivity contribution in [3.05, 3.63) is 59.8 Å². The van der Waals surface area contributed by atoms with Crippen LogP contribution in [-0.4, -0.2) is 4.98 Å². The number of aryl methyl sites for hydroxylation is 2. The number of rotatable bonds is 2. The van der Waals surface area contributed by atoms with Gasteiger partial charge in [0.1, 0.15) is 11.5 Å². The highest BCUT2D eigenvalue weighted by Gasteiger charge is 2.07. The second-order valence-corrected chi connectivity index (χ2v) is 4.98. The zero-order valence-electron chi connectivity index (χ0n) is 11.6. The van der Waals surface area contributed by atoms with Crippen LogP contribution >= 0.6 is 0 Å². The number of fused-ring (bicyclic) bond motifs is 1. The first-order chi connectivity index (χ1) is 9.63. The minimum atomic E-state index is 0.661. The molecule has 2 N–H and O–H groups in total. The first kappa shape index (κ1) is 12.5. The van der Waals surface area contributed by atoms with Crippen molar-refractivity contribution >= 4 is 16.6 Å². The molecule has 0 unspecified atom stereocenters. The topological polar surface area (TPSA) is 48.1 Å². The third-order valence-electron chi connectivity index (χ3n) is 3.18. The van der Waals surface area contributed by atoms with Gasteiger partial charge in [-0.05, 0) is 61.4 Å². The molecule has 3 nitrogen and oxygen atoms in total. The standard InChI is InChI=1S/C17H16N2O/c1-11-8-12(2)10-13(9-11)20-16-6-5-15(18)17-14(16)4-3-7-19-17/h3-10H,18H2,1-2H3. The lowest BCUT2D eigenvalue weighted by atomic mass is 10.1. The minimum Gasteiger partial charge on any atom is -0.457 e. The third-order valence-corrected chi connectivity index (χ3v) is 3.18. The van der Waals surface area contributed by atoms with E-state index in [0.29, 0.717) is 5.69 Å². The van der Waals surface area contributed by atoms with Crippen LogP contribution in [0.4, 0.5) is 5.69 Å². The molecule has 0 aliphatic carbocycles. The van der Waals surface area contributed by atoms with Crippen LogP contribution in [-0.2, 0) is 0 Å². The maximum absolute atomic E-state index is 6.01. The molecule has 0 atom stereocenters. The van der Waals surface area contributed by atoms with Gasteiger partial charge in [-0.25, -0.2) is 0 Å². The van der Waals surface area contributed by atoms with Gasteiger partial charge in [0.15, 0.2) is 0 Å². The van der Waals surface area contributed by atoms with Crippen molar-refractivity contribution in [2.24, 2.45) is 0 Å². The molecule has 1 aromatic heterocycles. The van der Waals surface area contributed by atoms with E-state index in [1.165, 1.54) is 11.1 Å². The summed E-state index contributed by atoms with van der Waals surface area (Å²) in [6, 6.07) is 13.7. The van der Waals surface area contributed by atoms with Crippen LogP contribution in [0.15, 0.2) is 48.7 Å². The van der Waals surface area contributed by atoms with Crippen molar-refractivity contribution in [1.82, 2.24) is 4.98 Å². The number of nitrogen functional groups attached to an aromatic ring is 1. The van der Waals surface area contributed by atoms with E-state index < -0.39 is 0 Å². The fourth-order valence-corrected chi connectivity index (χ4v) is 2.38. The van der Waals surface area contributed by atoms with Crippen LogP contribution in [0, 0.1) is 13.8 Å². The van der Waals surface area contributed by atoms with Crippen molar-refractivity contribution in [2.45, 2.75) is 13.8 Å². The predicted molar refractivity (Wildman–Crippen MR) is 82.1 cm³/mol. The predicted octanol–water partition coefficient (Wildman–Crippen LogP) is 4.23. The number of anilines is 1. The number of ether oxygens (including phenoxy) is 1. The summed E-state index contributed by atoms with van der Waals surface area (Å²) in [7, 11) is 0. The summed E-state index contributed by atoms with van der Waals surface area (Å²) in [6.45, 7) is 4.12. The van der Waals surface area contributed by atoms with Crippen LogP contribution in [0.5, 0.6) is 11.5 Å². The summed E-state index contributed by atoms with van der Waals surface area (Å²) >= 11 is 0. The number of nitrogens with zero attached hydrogens (tertiary/aromatic N) is 1. The number of benzene rings is 2. The lowest BCUT2D eigenvalue weighted by Crippen LogP contribution is -1.93. The van der Waals surface area contributed by atoms with Gasteiger partial charge in [-0.15, -0.1) is 0 Å². The van der Waals surface area contributed by atoms with Crippen LogP contribution in [0.25, 0.3) is 10.9 Å². The molecule has 0 fully saturated rings. The molecule has 3 rings (SSSR count). The average molecular weight is 264 g/mol. The molecule has 1 heterocycles. The zero-order chi connectivity index (χ0) is 14.1. The Kier molecular flexibility index (Phi) is 3.03.